The lowest BCUT2D eigenvalue weighted by atomic mass is 10.3. The fourth-order valence-electron chi connectivity index (χ4n) is 0.976. The van der Waals surface area contributed by atoms with Crippen LogP contribution in [-0.4, -0.2) is 24.5 Å². The molecule has 78 valence electrons. The van der Waals surface area contributed by atoms with Crippen molar-refractivity contribution < 1.29 is 9.53 Å². The highest BCUT2D eigenvalue weighted by atomic mass is 79.9. The van der Waals surface area contributed by atoms with Gasteiger partial charge in [0.25, 0.3) is 5.91 Å². The lowest BCUT2D eigenvalue weighted by molar-refractivity contribution is 0.0954. The smallest absolute Gasteiger partial charge is 0.263 e. The number of nitrogens with zero attached hydrogens (tertiary/aromatic N) is 1. The molecule has 0 saturated carbocycles. The number of carbonyl (C=O) groups excluding carboxylic acids is 1. The zero-order valence-electron chi connectivity index (χ0n) is 7.96. The second-order valence-corrected chi connectivity index (χ2v) is 4.81. The standard InChI is InChI=1S/C8H11BrN2O2S/c1-3-10-7(12)6-5(4-13-2)11-8(9)14-6/h3-4H2,1-2H3,(H,10,12). The van der Waals surface area contributed by atoms with E-state index in [1.807, 2.05) is 6.92 Å². The quantitative estimate of drug-likeness (QED) is 0.914. The van der Waals surface area contributed by atoms with Crippen LogP contribution >= 0.6 is 27.3 Å². The summed E-state index contributed by atoms with van der Waals surface area (Å²) >= 11 is 4.56. The van der Waals surface area contributed by atoms with E-state index in [1.165, 1.54) is 11.3 Å². The maximum Gasteiger partial charge on any atom is 0.263 e. The molecule has 0 aliphatic carbocycles. The second-order valence-electron chi connectivity index (χ2n) is 2.54. The van der Waals surface area contributed by atoms with E-state index in [0.717, 1.165) is 0 Å². The van der Waals surface area contributed by atoms with Crippen LogP contribution < -0.4 is 5.32 Å². The molecule has 1 heterocycles. The molecule has 0 bridgehead atoms. The molecule has 1 aromatic rings. The van der Waals surface area contributed by atoms with Gasteiger partial charge in [0.2, 0.25) is 0 Å². The average molecular weight is 279 g/mol. The zero-order chi connectivity index (χ0) is 10.6. The molecule has 0 aliphatic heterocycles. The van der Waals surface area contributed by atoms with Gasteiger partial charge in [-0.3, -0.25) is 4.79 Å². The Morgan fingerprint density at radius 2 is 2.43 bits per heavy atom. The minimum Gasteiger partial charge on any atom is -0.378 e. The first kappa shape index (κ1) is 11.6. The number of hydrogen-bond acceptors (Lipinski definition) is 4. The van der Waals surface area contributed by atoms with Crippen LogP contribution in [0, 0.1) is 0 Å². The number of rotatable bonds is 4. The molecule has 1 N–H and O–H groups in total. The summed E-state index contributed by atoms with van der Waals surface area (Å²) in [5, 5.41) is 2.73. The van der Waals surface area contributed by atoms with E-state index in [4.69, 9.17) is 4.74 Å². The Bertz CT molecular complexity index is 327. The summed E-state index contributed by atoms with van der Waals surface area (Å²) in [4.78, 5) is 16.3. The number of nitrogens with one attached hydrogen (secondary N) is 1. The number of ether oxygens (including phenoxy) is 1. The topological polar surface area (TPSA) is 51.2 Å². The van der Waals surface area contributed by atoms with Gasteiger partial charge in [-0.1, -0.05) is 0 Å². The molecular formula is C8H11BrN2O2S. The lowest BCUT2D eigenvalue weighted by Gasteiger charge is -2.00. The number of amides is 1. The van der Waals surface area contributed by atoms with Crippen molar-refractivity contribution in [3.8, 4) is 0 Å². The van der Waals surface area contributed by atoms with Gasteiger partial charge in [-0.15, -0.1) is 11.3 Å². The Morgan fingerprint density at radius 1 is 1.71 bits per heavy atom. The van der Waals surface area contributed by atoms with Gasteiger partial charge in [-0.2, -0.15) is 0 Å². The van der Waals surface area contributed by atoms with Gasteiger partial charge in [0, 0.05) is 13.7 Å². The molecule has 0 unspecified atom stereocenters. The van der Waals surface area contributed by atoms with Gasteiger partial charge in [0.1, 0.15) is 4.88 Å². The molecule has 0 aliphatic rings. The molecule has 14 heavy (non-hydrogen) atoms. The van der Waals surface area contributed by atoms with Crippen LogP contribution in [0.4, 0.5) is 0 Å². The van der Waals surface area contributed by atoms with E-state index in [1.54, 1.807) is 7.11 Å². The van der Waals surface area contributed by atoms with Crippen LogP contribution in [0.15, 0.2) is 3.92 Å². The van der Waals surface area contributed by atoms with Crippen molar-refractivity contribution in [3.05, 3.63) is 14.5 Å². The van der Waals surface area contributed by atoms with Crippen molar-refractivity contribution in [2.75, 3.05) is 13.7 Å². The van der Waals surface area contributed by atoms with Gasteiger partial charge >= 0.3 is 0 Å². The van der Waals surface area contributed by atoms with Gasteiger partial charge in [0.05, 0.1) is 12.3 Å². The van der Waals surface area contributed by atoms with Crippen molar-refractivity contribution >= 4 is 33.2 Å². The van der Waals surface area contributed by atoms with Gasteiger partial charge in [-0.25, -0.2) is 4.98 Å². The normalized spacial score (nSPS) is 10.2. The van der Waals surface area contributed by atoms with E-state index in [-0.39, 0.29) is 5.91 Å². The minimum absolute atomic E-state index is 0.0947. The predicted octanol–water partition coefficient (Wildman–Crippen LogP) is 1.80. The Hall–Kier alpha value is -0.460. The molecule has 4 nitrogen and oxygen atoms in total. The van der Waals surface area contributed by atoms with Crippen LogP contribution in [0.25, 0.3) is 0 Å². The summed E-state index contributed by atoms with van der Waals surface area (Å²) in [7, 11) is 1.58. The van der Waals surface area contributed by atoms with E-state index in [0.29, 0.717) is 27.6 Å². The third kappa shape index (κ3) is 2.76. The fourth-order valence-corrected chi connectivity index (χ4v) is 2.39. The second kappa shape index (κ2) is 5.43. The Labute approximate surface area is 94.8 Å². The molecule has 6 heteroatoms. The molecule has 1 amide bonds. The van der Waals surface area contributed by atoms with E-state index >= 15 is 0 Å². The highest BCUT2D eigenvalue weighted by Gasteiger charge is 2.16. The van der Waals surface area contributed by atoms with Crippen molar-refractivity contribution in [2.45, 2.75) is 13.5 Å². The number of thiazole rings is 1. The van der Waals surface area contributed by atoms with Crippen LogP contribution in [0.2, 0.25) is 0 Å². The summed E-state index contributed by atoms with van der Waals surface area (Å²) in [6.45, 7) is 2.85. The van der Waals surface area contributed by atoms with Gasteiger partial charge in [-0.05, 0) is 22.9 Å². The van der Waals surface area contributed by atoms with E-state index < -0.39 is 0 Å². The third-order valence-corrected chi connectivity index (χ3v) is 3.04. The first-order valence-electron chi connectivity index (χ1n) is 4.11. The average Bonchev–Trinajstić information content (AvgIpc) is 2.48. The molecule has 1 aromatic heterocycles. The maximum atomic E-state index is 11.5. The molecule has 0 aromatic carbocycles. The Balaban J connectivity index is 2.88. The Kier molecular flexibility index (Phi) is 4.50. The van der Waals surface area contributed by atoms with Crippen LogP contribution in [0.5, 0.6) is 0 Å². The summed E-state index contributed by atoms with van der Waals surface area (Å²) < 4.78 is 5.65. The van der Waals surface area contributed by atoms with Crippen LogP contribution in [0.3, 0.4) is 0 Å². The summed E-state index contributed by atoms with van der Waals surface area (Å²) in [5.41, 5.74) is 0.676. The number of carbonyl (C=O) groups is 1. The fraction of sp³-hybridized carbons (Fsp3) is 0.500. The van der Waals surface area contributed by atoms with Crippen LogP contribution in [0.1, 0.15) is 22.3 Å². The molecular weight excluding hydrogens is 268 g/mol. The number of halogens is 1. The number of methoxy groups -OCH3 is 1. The van der Waals surface area contributed by atoms with Gasteiger partial charge < -0.3 is 10.1 Å². The molecule has 0 radical (unpaired) electrons. The lowest BCUT2D eigenvalue weighted by Crippen LogP contribution is -2.22. The molecule has 1 rings (SSSR count). The van der Waals surface area contributed by atoms with Crippen molar-refractivity contribution in [1.82, 2.24) is 10.3 Å². The van der Waals surface area contributed by atoms with E-state index in [9.17, 15) is 4.79 Å². The monoisotopic (exact) mass is 278 g/mol. The highest BCUT2D eigenvalue weighted by Crippen LogP contribution is 2.23. The highest BCUT2D eigenvalue weighted by molar-refractivity contribution is 9.11. The zero-order valence-corrected chi connectivity index (χ0v) is 10.4. The number of aromatic nitrogens is 1. The van der Waals surface area contributed by atoms with E-state index in [2.05, 4.69) is 26.2 Å². The van der Waals surface area contributed by atoms with Crippen molar-refractivity contribution in [3.63, 3.8) is 0 Å². The maximum absolute atomic E-state index is 11.5. The largest absolute Gasteiger partial charge is 0.378 e. The van der Waals surface area contributed by atoms with Crippen molar-refractivity contribution in [2.24, 2.45) is 0 Å². The predicted molar refractivity (Wildman–Crippen MR) is 58.5 cm³/mol. The molecule has 0 saturated heterocycles. The minimum atomic E-state index is -0.0947. The summed E-state index contributed by atoms with van der Waals surface area (Å²) in [5.74, 6) is -0.0947. The SMILES string of the molecule is CCNC(=O)c1sc(Br)nc1COC. The Morgan fingerprint density at radius 3 is 3.00 bits per heavy atom. The number of hydrogen-bond donors (Lipinski definition) is 1. The first-order valence-corrected chi connectivity index (χ1v) is 5.72. The summed E-state index contributed by atoms with van der Waals surface area (Å²) in [6, 6.07) is 0. The van der Waals surface area contributed by atoms with Crippen LogP contribution in [-0.2, 0) is 11.3 Å². The third-order valence-electron chi connectivity index (χ3n) is 1.50. The molecule has 0 spiro atoms. The molecule has 0 fully saturated rings. The molecule has 0 atom stereocenters. The van der Waals surface area contributed by atoms with Crippen molar-refractivity contribution in [1.29, 1.82) is 0 Å². The first-order chi connectivity index (χ1) is 6.69. The van der Waals surface area contributed by atoms with Gasteiger partial charge in [0.15, 0.2) is 3.92 Å². The summed E-state index contributed by atoms with van der Waals surface area (Å²) in [6.07, 6.45) is 0.